The van der Waals surface area contributed by atoms with Crippen molar-refractivity contribution >= 4 is 12.1 Å². The summed E-state index contributed by atoms with van der Waals surface area (Å²) in [6, 6.07) is 0. The Hall–Kier alpha value is -0.660. The average molecular weight is 124 g/mol. The molecule has 0 amide bonds. The molecule has 0 saturated heterocycles. The van der Waals surface area contributed by atoms with E-state index in [2.05, 4.69) is 23.8 Å². The van der Waals surface area contributed by atoms with Gasteiger partial charge in [-0.15, -0.1) is 0 Å². The third-order valence-corrected chi connectivity index (χ3v) is 1.47. The lowest BCUT2D eigenvalue weighted by Crippen LogP contribution is -2.11. The molecule has 0 aromatic heterocycles. The molecule has 0 bridgehead atoms. The van der Waals surface area contributed by atoms with E-state index in [-0.39, 0.29) is 0 Å². The molecule has 2 nitrogen and oxygen atoms in total. The Morgan fingerprint density at radius 1 is 1.56 bits per heavy atom. The van der Waals surface area contributed by atoms with Gasteiger partial charge in [0.1, 0.15) is 6.34 Å². The van der Waals surface area contributed by atoms with Crippen LogP contribution in [0.1, 0.15) is 20.3 Å². The van der Waals surface area contributed by atoms with Gasteiger partial charge in [0.25, 0.3) is 0 Å². The summed E-state index contributed by atoms with van der Waals surface area (Å²) in [4.78, 5) is 8.15. The zero-order valence-electron chi connectivity index (χ0n) is 5.96. The maximum Gasteiger partial charge on any atom is 0.109 e. The van der Waals surface area contributed by atoms with Crippen molar-refractivity contribution in [3.05, 3.63) is 0 Å². The molecule has 2 heteroatoms. The molecular formula is C7H12N2. The van der Waals surface area contributed by atoms with Crippen LogP contribution in [0.15, 0.2) is 9.98 Å². The molecule has 50 valence electrons. The first kappa shape index (κ1) is 6.46. The fourth-order valence-electron chi connectivity index (χ4n) is 0.854. The second-order valence-electron chi connectivity index (χ2n) is 2.55. The Morgan fingerprint density at radius 2 is 2.33 bits per heavy atom. The molecule has 0 unspecified atom stereocenters. The van der Waals surface area contributed by atoms with Gasteiger partial charge < -0.3 is 0 Å². The SMILES string of the molecule is CC(C)C1=NC=NCC1. The highest BCUT2D eigenvalue weighted by Gasteiger charge is 2.05. The van der Waals surface area contributed by atoms with Gasteiger partial charge in [0, 0.05) is 18.7 Å². The lowest BCUT2D eigenvalue weighted by molar-refractivity contribution is 0.836. The van der Waals surface area contributed by atoms with E-state index in [4.69, 9.17) is 0 Å². The number of rotatable bonds is 1. The molecule has 1 rings (SSSR count). The topological polar surface area (TPSA) is 24.7 Å². The molecule has 0 atom stereocenters. The van der Waals surface area contributed by atoms with Crippen LogP contribution in [0.3, 0.4) is 0 Å². The van der Waals surface area contributed by atoms with Crippen LogP contribution >= 0.6 is 0 Å². The largest absolute Gasteiger partial charge is 0.273 e. The minimum atomic E-state index is 0.594. The van der Waals surface area contributed by atoms with Crippen molar-refractivity contribution < 1.29 is 0 Å². The Kier molecular flexibility index (Phi) is 1.98. The maximum absolute atomic E-state index is 4.15. The van der Waals surface area contributed by atoms with Crippen molar-refractivity contribution in [1.82, 2.24) is 0 Å². The van der Waals surface area contributed by atoms with Crippen molar-refractivity contribution in [2.45, 2.75) is 20.3 Å². The first-order valence-electron chi connectivity index (χ1n) is 3.35. The fourth-order valence-corrected chi connectivity index (χ4v) is 0.854. The van der Waals surface area contributed by atoms with Gasteiger partial charge >= 0.3 is 0 Å². The molecule has 0 radical (unpaired) electrons. The number of hydrogen-bond acceptors (Lipinski definition) is 2. The molecule has 9 heavy (non-hydrogen) atoms. The smallest absolute Gasteiger partial charge is 0.109 e. The van der Waals surface area contributed by atoms with Gasteiger partial charge in [0.15, 0.2) is 0 Å². The molecule has 0 saturated carbocycles. The van der Waals surface area contributed by atoms with Gasteiger partial charge in [-0.1, -0.05) is 13.8 Å². The van der Waals surface area contributed by atoms with Crippen LogP contribution in [0.4, 0.5) is 0 Å². The lowest BCUT2D eigenvalue weighted by atomic mass is 10.1. The molecule has 0 spiro atoms. The summed E-state index contributed by atoms with van der Waals surface area (Å²) in [5, 5.41) is 0. The molecular weight excluding hydrogens is 112 g/mol. The molecule has 1 aliphatic rings. The van der Waals surface area contributed by atoms with Crippen molar-refractivity contribution in [3.8, 4) is 0 Å². The van der Waals surface area contributed by atoms with E-state index in [1.165, 1.54) is 5.71 Å². The predicted molar refractivity (Wildman–Crippen MR) is 40.2 cm³/mol. The lowest BCUT2D eigenvalue weighted by Gasteiger charge is -2.09. The van der Waals surface area contributed by atoms with Gasteiger partial charge in [-0.25, -0.2) is 4.99 Å². The molecule has 0 fully saturated rings. The molecule has 0 aromatic carbocycles. The van der Waals surface area contributed by atoms with Crippen LogP contribution in [0.2, 0.25) is 0 Å². The van der Waals surface area contributed by atoms with Crippen molar-refractivity contribution in [1.29, 1.82) is 0 Å². The van der Waals surface area contributed by atoms with E-state index in [1.54, 1.807) is 6.34 Å². The molecule has 0 aromatic rings. The predicted octanol–water partition coefficient (Wildman–Crippen LogP) is 1.52. The third kappa shape index (κ3) is 1.63. The van der Waals surface area contributed by atoms with Gasteiger partial charge in [-0.05, 0) is 5.92 Å². The Morgan fingerprint density at radius 3 is 2.67 bits per heavy atom. The van der Waals surface area contributed by atoms with Crippen LogP contribution in [-0.4, -0.2) is 18.6 Å². The summed E-state index contributed by atoms with van der Waals surface area (Å²) < 4.78 is 0. The summed E-state index contributed by atoms with van der Waals surface area (Å²) in [5.41, 5.74) is 1.28. The summed E-state index contributed by atoms with van der Waals surface area (Å²) >= 11 is 0. The Labute approximate surface area is 55.7 Å². The van der Waals surface area contributed by atoms with Crippen LogP contribution in [-0.2, 0) is 0 Å². The summed E-state index contributed by atoms with van der Waals surface area (Å²) in [6.45, 7) is 5.26. The van der Waals surface area contributed by atoms with Crippen LogP contribution in [0.25, 0.3) is 0 Å². The van der Waals surface area contributed by atoms with E-state index in [1.807, 2.05) is 0 Å². The fraction of sp³-hybridized carbons (Fsp3) is 0.714. The zero-order valence-corrected chi connectivity index (χ0v) is 5.96. The highest BCUT2D eigenvalue weighted by molar-refractivity contribution is 5.93. The normalized spacial score (nSPS) is 18.3. The standard InChI is InChI=1S/C7H12N2/c1-6(2)7-3-4-8-5-9-7/h5-6H,3-4H2,1-2H3. The van der Waals surface area contributed by atoms with Crippen LogP contribution in [0.5, 0.6) is 0 Å². The first-order valence-corrected chi connectivity index (χ1v) is 3.35. The quantitative estimate of drug-likeness (QED) is 0.506. The van der Waals surface area contributed by atoms with Crippen LogP contribution in [0, 0.1) is 5.92 Å². The second-order valence-corrected chi connectivity index (χ2v) is 2.55. The van der Waals surface area contributed by atoms with Gasteiger partial charge in [0.2, 0.25) is 0 Å². The molecule has 0 N–H and O–H groups in total. The zero-order chi connectivity index (χ0) is 6.69. The van der Waals surface area contributed by atoms with Gasteiger partial charge in [-0.3, -0.25) is 4.99 Å². The first-order chi connectivity index (χ1) is 4.30. The van der Waals surface area contributed by atoms with Crippen LogP contribution < -0.4 is 0 Å². The Bertz CT molecular complexity index is 145. The minimum absolute atomic E-state index is 0.594. The van der Waals surface area contributed by atoms with Gasteiger partial charge in [0.05, 0.1) is 0 Å². The van der Waals surface area contributed by atoms with Crippen molar-refractivity contribution in [2.24, 2.45) is 15.9 Å². The molecule has 1 aliphatic heterocycles. The van der Waals surface area contributed by atoms with E-state index in [9.17, 15) is 0 Å². The van der Waals surface area contributed by atoms with E-state index < -0.39 is 0 Å². The van der Waals surface area contributed by atoms with E-state index in [0.29, 0.717) is 5.92 Å². The molecule has 1 heterocycles. The summed E-state index contributed by atoms with van der Waals surface area (Å²) in [5.74, 6) is 0.594. The number of nitrogens with zero attached hydrogens (tertiary/aromatic N) is 2. The summed E-state index contributed by atoms with van der Waals surface area (Å²) in [7, 11) is 0. The summed E-state index contributed by atoms with van der Waals surface area (Å²) in [6.07, 6.45) is 2.72. The van der Waals surface area contributed by atoms with E-state index >= 15 is 0 Å². The highest BCUT2D eigenvalue weighted by Crippen LogP contribution is 2.03. The Balaban J connectivity index is 2.57. The highest BCUT2D eigenvalue weighted by atomic mass is 14.9. The molecule has 0 aliphatic carbocycles. The van der Waals surface area contributed by atoms with Crippen molar-refractivity contribution in [3.63, 3.8) is 0 Å². The third-order valence-electron chi connectivity index (χ3n) is 1.47. The van der Waals surface area contributed by atoms with E-state index in [0.717, 1.165) is 13.0 Å². The maximum atomic E-state index is 4.15. The number of hydrogen-bond donors (Lipinski definition) is 0. The van der Waals surface area contributed by atoms with Crippen molar-refractivity contribution in [2.75, 3.05) is 6.54 Å². The number of aliphatic imine (C=N–C) groups is 2. The monoisotopic (exact) mass is 124 g/mol. The second kappa shape index (κ2) is 2.76. The average Bonchev–Trinajstić information content (AvgIpc) is 1.90. The minimum Gasteiger partial charge on any atom is -0.273 e. The van der Waals surface area contributed by atoms with Gasteiger partial charge in [-0.2, -0.15) is 0 Å².